The fourth-order valence-corrected chi connectivity index (χ4v) is 1.76. The summed E-state index contributed by atoms with van der Waals surface area (Å²) < 4.78 is 32.6. The molecule has 0 radical (unpaired) electrons. The molecule has 2 aromatic rings. The third kappa shape index (κ3) is 2.76. The van der Waals surface area contributed by atoms with Crippen LogP contribution >= 0.6 is 0 Å². The molecule has 7 heteroatoms. The largest absolute Gasteiger partial charge is 0.456 e. The molecule has 2 rings (SSSR count). The molecule has 0 atom stereocenters. The van der Waals surface area contributed by atoms with Gasteiger partial charge in [0.2, 0.25) is 0 Å². The topological polar surface area (TPSA) is 70.1 Å². The summed E-state index contributed by atoms with van der Waals surface area (Å²) in [6.07, 6.45) is 0. The number of aromatic nitrogens is 2. The van der Waals surface area contributed by atoms with E-state index in [1.807, 2.05) is 0 Å². The van der Waals surface area contributed by atoms with Gasteiger partial charge in [0.05, 0.1) is 17.0 Å². The van der Waals surface area contributed by atoms with Crippen LogP contribution in [0.1, 0.15) is 21.7 Å². The highest BCUT2D eigenvalue weighted by atomic mass is 19.2. The van der Waals surface area contributed by atoms with Crippen molar-refractivity contribution in [3.05, 3.63) is 46.8 Å². The normalized spacial score (nSPS) is 10.6. The minimum Gasteiger partial charge on any atom is -0.456 e. The number of halogens is 2. The van der Waals surface area contributed by atoms with Gasteiger partial charge in [-0.05, 0) is 19.1 Å². The van der Waals surface area contributed by atoms with Crippen LogP contribution in [0.25, 0.3) is 0 Å². The van der Waals surface area contributed by atoms with E-state index in [1.165, 1.54) is 0 Å². The zero-order valence-corrected chi connectivity index (χ0v) is 11.0. The van der Waals surface area contributed by atoms with Crippen molar-refractivity contribution in [3.63, 3.8) is 0 Å². The quantitative estimate of drug-likeness (QED) is 0.689. The maximum Gasteiger partial charge on any atom is 0.340 e. The second-order valence-corrected chi connectivity index (χ2v) is 4.33. The molecule has 0 saturated heterocycles. The molecule has 0 saturated carbocycles. The van der Waals surface area contributed by atoms with E-state index in [9.17, 15) is 13.6 Å². The minimum atomic E-state index is -1.15. The lowest BCUT2D eigenvalue weighted by Crippen LogP contribution is -2.11. The lowest BCUT2D eigenvalue weighted by atomic mass is 10.1. The molecule has 0 spiro atoms. The second-order valence-electron chi connectivity index (χ2n) is 4.33. The van der Waals surface area contributed by atoms with Gasteiger partial charge in [0.15, 0.2) is 11.6 Å². The van der Waals surface area contributed by atoms with Crippen molar-refractivity contribution >= 4 is 11.7 Å². The number of carbonyl (C=O) groups excluding carboxylic acids is 1. The molecule has 0 amide bonds. The van der Waals surface area contributed by atoms with E-state index in [0.717, 1.165) is 17.8 Å². The van der Waals surface area contributed by atoms with Gasteiger partial charge in [0.1, 0.15) is 6.61 Å². The predicted molar refractivity (Wildman–Crippen MR) is 67.8 cm³/mol. The third-order valence-corrected chi connectivity index (χ3v) is 2.76. The Morgan fingerprint density at radius 1 is 1.35 bits per heavy atom. The van der Waals surface area contributed by atoms with Crippen LogP contribution in [-0.4, -0.2) is 15.7 Å². The van der Waals surface area contributed by atoms with Crippen molar-refractivity contribution in [2.24, 2.45) is 7.05 Å². The number of carbonyl (C=O) groups is 1. The van der Waals surface area contributed by atoms with Crippen LogP contribution in [0.15, 0.2) is 18.2 Å². The number of hydrogen-bond donors (Lipinski definition) is 1. The standard InChI is InChI=1S/C13H13F2N3O2/c1-7-3-8(18(2)17-7)6-20-13(19)9-4-10(14)11(15)5-12(9)16/h3-5H,6,16H2,1-2H3. The number of hydrogen-bond acceptors (Lipinski definition) is 4. The summed E-state index contributed by atoms with van der Waals surface area (Å²) >= 11 is 0. The van der Waals surface area contributed by atoms with E-state index in [-0.39, 0.29) is 17.9 Å². The average molecular weight is 281 g/mol. The van der Waals surface area contributed by atoms with Crippen molar-refractivity contribution in [1.82, 2.24) is 9.78 Å². The molecule has 0 bridgehead atoms. The smallest absolute Gasteiger partial charge is 0.340 e. The summed E-state index contributed by atoms with van der Waals surface area (Å²) in [6.45, 7) is 1.77. The molecule has 20 heavy (non-hydrogen) atoms. The van der Waals surface area contributed by atoms with Crippen LogP contribution in [0.2, 0.25) is 0 Å². The van der Waals surface area contributed by atoms with E-state index in [1.54, 1.807) is 24.7 Å². The molecule has 0 aliphatic heterocycles. The van der Waals surface area contributed by atoms with E-state index in [2.05, 4.69) is 5.10 Å². The average Bonchev–Trinajstić information content (AvgIpc) is 2.69. The summed E-state index contributed by atoms with van der Waals surface area (Å²) in [5, 5.41) is 4.10. The Kier molecular flexibility index (Phi) is 3.69. The predicted octanol–water partition coefficient (Wildman–Crippen LogP) is 1.95. The van der Waals surface area contributed by atoms with E-state index in [4.69, 9.17) is 10.5 Å². The van der Waals surface area contributed by atoms with E-state index in [0.29, 0.717) is 5.69 Å². The van der Waals surface area contributed by atoms with Gasteiger partial charge < -0.3 is 10.5 Å². The first kappa shape index (κ1) is 14.0. The summed E-state index contributed by atoms with van der Waals surface area (Å²) in [6, 6.07) is 3.23. The molecular formula is C13H13F2N3O2. The summed E-state index contributed by atoms with van der Waals surface area (Å²) in [5.74, 6) is -3.08. The van der Waals surface area contributed by atoms with Gasteiger partial charge in [-0.3, -0.25) is 4.68 Å². The molecule has 1 aromatic carbocycles. The number of rotatable bonds is 3. The maximum atomic E-state index is 13.1. The van der Waals surface area contributed by atoms with Gasteiger partial charge in [0, 0.05) is 18.8 Å². The van der Waals surface area contributed by atoms with Crippen molar-refractivity contribution in [1.29, 1.82) is 0 Å². The molecule has 1 heterocycles. The number of nitrogens with two attached hydrogens (primary N) is 1. The first-order valence-corrected chi connectivity index (χ1v) is 5.79. The van der Waals surface area contributed by atoms with Crippen LogP contribution in [-0.2, 0) is 18.4 Å². The molecular weight excluding hydrogens is 268 g/mol. The van der Waals surface area contributed by atoms with Crippen LogP contribution in [0.5, 0.6) is 0 Å². The SMILES string of the molecule is Cc1cc(COC(=O)c2cc(F)c(F)cc2N)n(C)n1. The van der Waals surface area contributed by atoms with Gasteiger partial charge >= 0.3 is 5.97 Å². The molecule has 0 aliphatic rings. The van der Waals surface area contributed by atoms with Crippen LogP contribution in [0.3, 0.4) is 0 Å². The Morgan fingerprint density at radius 3 is 2.60 bits per heavy atom. The lowest BCUT2D eigenvalue weighted by Gasteiger charge is -2.07. The highest BCUT2D eigenvalue weighted by molar-refractivity contribution is 5.95. The van der Waals surface area contributed by atoms with Gasteiger partial charge in [-0.2, -0.15) is 5.10 Å². The molecule has 2 N–H and O–H groups in total. The Labute approximate surface area is 114 Å². The molecule has 0 aliphatic carbocycles. The van der Waals surface area contributed by atoms with Crippen LogP contribution < -0.4 is 5.73 Å². The zero-order valence-electron chi connectivity index (χ0n) is 11.0. The van der Waals surface area contributed by atoms with Crippen molar-refractivity contribution < 1.29 is 18.3 Å². The van der Waals surface area contributed by atoms with Gasteiger partial charge in [-0.1, -0.05) is 0 Å². The highest BCUT2D eigenvalue weighted by Gasteiger charge is 2.16. The Bertz CT molecular complexity index is 668. The fraction of sp³-hybridized carbons (Fsp3) is 0.231. The lowest BCUT2D eigenvalue weighted by molar-refractivity contribution is 0.0464. The Morgan fingerprint density at radius 2 is 2.00 bits per heavy atom. The monoisotopic (exact) mass is 281 g/mol. The molecule has 5 nitrogen and oxygen atoms in total. The van der Waals surface area contributed by atoms with Crippen molar-refractivity contribution in [2.75, 3.05) is 5.73 Å². The van der Waals surface area contributed by atoms with E-state index >= 15 is 0 Å². The number of anilines is 1. The van der Waals surface area contributed by atoms with E-state index < -0.39 is 17.6 Å². The number of ether oxygens (including phenoxy) is 1. The minimum absolute atomic E-state index is 0.0331. The number of esters is 1. The zero-order chi connectivity index (χ0) is 14.9. The first-order valence-electron chi connectivity index (χ1n) is 5.79. The number of benzene rings is 1. The molecule has 1 aromatic heterocycles. The Balaban J connectivity index is 2.13. The van der Waals surface area contributed by atoms with Crippen LogP contribution in [0.4, 0.5) is 14.5 Å². The second kappa shape index (κ2) is 5.28. The highest BCUT2D eigenvalue weighted by Crippen LogP contribution is 2.18. The summed E-state index contributed by atoms with van der Waals surface area (Å²) in [5.41, 5.74) is 6.55. The third-order valence-electron chi connectivity index (χ3n) is 2.76. The molecule has 0 fully saturated rings. The molecule has 106 valence electrons. The summed E-state index contributed by atoms with van der Waals surface area (Å²) in [7, 11) is 1.71. The Hall–Kier alpha value is -2.44. The number of aryl methyl sites for hydroxylation is 2. The fourth-order valence-electron chi connectivity index (χ4n) is 1.76. The molecule has 0 unspecified atom stereocenters. The van der Waals surface area contributed by atoms with Gasteiger partial charge in [-0.25, -0.2) is 13.6 Å². The summed E-state index contributed by atoms with van der Waals surface area (Å²) in [4.78, 5) is 11.8. The first-order chi connectivity index (χ1) is 9.38. The maximum absolute atomic E-state index is 13.1. The van der Waals surface area contributed by atoms with Gasteiger partial charge in [0.25, 0.3) is 0 Å². The van der Waals surface area contributed by atoms with Crippen molar-refractivity contribution in [3.8, 4) is 0 Å². The van der Waals surface area contributed by atoms with Crippen LogP contribution in [0, 0.1) is 18.6 Å². The van der Waals surface area contributed by atoms with Crippen molar-refractivity contribution in [2.45, 2.75) is 13.5 Å². The van der Waals surface area contributed by atoms with Gasteiger partial charge in [-0.15, -0.1) is 0 Å². The number of nitrogen functional groups attached to an aromatic ring is 1. The number of nitrogens with zero attached hydrogens (tertiary/aromatic N) is 2.